The molecule has 0 radical (unpaired) electrons. The molecule has 84 valence electrons. The SMILES string of the molecule is Cl.Fc1cccc(C2CCNCC2)c1F. The third-order valence-electron chi connectivity index (χ3n) is 2.76. The van der Waals surface area contributed by atoms with Crippen molar-refractivity contribution in [2.45, 2.75) is 18.8 Å². The lowest BCUT2D eigenvalue weighted by molar-refractivity contribution is 0.429. The van der Waals surface area contributed by atoms with Crippen molar-refractivity contribution in [3.8, 4) is 0 Å². The second-order valence-electron chi connectivity index (χ2n) is 3.67. The van der Waals surface area contributed by atoms with E-state index in [1.54, 1.807) is 12.1 Å². The zero-order valence-electron chi connectivity index (χ0n) is 8.30. The summed E-state index contributed by atoms with van der Waals surface area (Å²) >= 11 is 0. The molecule has 0 aromatic heterocycles. The van der Waals surface area contributed by atoms with Gasteiger partial charge in [0, 0.05) is 0 Å². The van der Waals surface area contributed by atoms with E-state index in [1.807, 2.05) is 0 Å². The van der Waals surface area contributed by atoms with E-state index >= 15 is 0 Å². The van der Waals surface area contributed by atoms with E-state index < -0.39 is 11.6 Å². The van der Waals surface area contributed by atoms with Crippen LogP contribution in [0.1, 0.15) is 24.3 Å². The van der Waals surface area contributed by atoms with Crippen molar-refractivity contribution < 1.29 is 8.78 Å². The second-order valence-corrected chi connectivity index (χ2v) is 3.67. The molecule has 1 aliphatic rings. The highest BCUT2D eigenvalue weighted by atomic mass is 35.5. The van der Waals surface area contributed by atoms with Crippen molar-refractivity contribution in [1.29, 1.82) is 0 Å². The Labute approximate surface area is 94.3 Å². The van der Waals surface area contributed by atoms with Gasteiger partial charge in [-0.25, -0.2) is 8.78 Å². The van der Waals surface area contributed by atoms with Crippen LogP contribution >= 0.6 is 12.4 Å². The molecule has 4 heteroatoms. The standard InChI is InChI=1S/C11H13F2N.ClH/c12-10-3-1-2-9(11(10)13)8-4-6-14-7-5-8;/h1-3,8,14H,4-7H2;1H. The maximum atomic E-state index is 13.4. The van der Waals surface area contributed by atoms with E-state index in [0.29, 0.717) is 5.56 Å². The van der Waals surface area contributed by atoms with Gasteiger partial charge in [-0.15, -0.1) is 12.4 Å². The zero-order valence-corrected chi connectivity index (χ0v) is 9.12. The highest BCUT2D eigenvalue weighted by Crippen LogP contribution is 2.28. The Balaban J connectivity index is 0.00000112. The highest BCUT2D eigenvalue weighted by molar-refractivity contribution is 5.85. The largest absolute Gasteiger partial charge is 0.317 e. The minimum absolute atomic E-state index is 0. The Bertz CT molecular complexity index is 324. The van der Waals surface area contributed by atoms with Crippen LogP contribution in [0.15, 0.2) is 18.2 Å². The fraction of sp³-hybridized carbons (Fsp3) is 0.455. The molecule has 0 unspecified atom stereocenters. The van der Waals surface area contributed by atoms with Crippen molar-refractivity contribution in [2.24, 2.45) is 0 Å². The van der Waals surface area contributed by atoms with Gasteiger partial charge in [-0.2, -0.15) is 0 Å². The molecular weight excluding hydrogens is 220 g/mol. The minimum Gasteiger partial charge on any atom is -0.317 e. The third kappa shape index (κ3) is 2.67. The number of hydrogen-bond acceptors (Lipinski definition) is 1. The molecule has 0 spiro atoms. The van der Waals surface area contributed by atoms with E-state index in [2.05, 4.69) is 5.32 Å². The molecule has 1 saturated heterocycles. The number of halogens is 3. The Hall–Kier alpha value is -0.670. The minimum atomic E-state index is -0.735. The molecule has 1 fully saturated rings. The number of piperidine rings is 1. The Morgan fingerprint density at radius 3 is 2.47 bits per heavy atom. The molecule has 1 heterocycles. The molecule has 1 nitrogen and oxygen atoms in total. The number of hydrogen-bond donors (Lipinski definition) is 1. The number of rotatable bonds is 1. The zero-order chi connectivity index (χ0) is 9.97. The van der Waals surface area contributed by atoms with Gasteiger partial charge in [0.15, 0.2) is 11.6 Å². The van der Waals surface area contributed by atoms with Crippen LogP contribution in [0.2, 0.25) is 0 Å². The van der Waals surface area contributed by atoms with Crippen LogP contribution in [0.25, 0.3) is 0 Å². The summed E-state index contributed by atoms with van der Waals surface area (Å²) in [6.45, 7) is 1.78. The van der Waals surface area contributed by atoms with Gasteiger partial charge in [0.2, 0.25) is 0 Å². The molecule has 0 atom stereocenters. The van der Waals surface area contributed by atoms with Crippen LogP contribution in [0.3, 0.4) is 0 Å². The maximum Gasteiger partial charge on any atom is 0.162 e. The van der Waals surface area contributed by atoms with Crippen LogP contribution in [0.5, 0.6) is 0 Å². The van der Waals surface area contributed by atoms with Crippen molar-refractivity contribution in [1.82, 2.24) is 5.32 Å². The predicted octanol–water partition coefficient (Wildman–Crippen LogP) is 2.85. The quantitative estimate of drug-likeness (QED) is 0.787. The first-order chi connectivity index (χ1) is 6.79. The Kier molecular flexibility index (Phi) is 4.48. The summed E-state index contributed by atoms with van der Waals surface area (Å²) < 4.78 is 26.3. The van der Waals surface area contributed by atoms with Gasteiger partial charge in [-0.1, -0.05) is 12.1 Å². The highest BCUT2D eigenvalue weighted by Gasteiger charge is 2.19. The molecule has 0 saturated carbocycles. The van der Waals surface area contributed by atoms with Crippen molar-refractivity contribution in [3.63, 3.8) is 0 Å². The molecule has 0 amide bonds. The fourth-order valence-electron chi connectivity index (χ4n) is 1.97. The molecule has 1 aromatic rings. The second kappa shape index (κ2) is 5.42. The molecule has 1 aromatic carbocycles. The molecule has 0 aliphatic carbocycles. The lowest BCUT2D eigenvalue weighted by Crippen LogP contribution is -2.27. The summed E-state index contributed by atoms with van der Waals surface area (Å²) in [4.78, 5) is 0. The van der Waals surface area contributed by atoms with E-state index in [9.17, 15) is 8.78 Å². The lowest BCUT2D eigenvalue weighted by Gasteiger charge is -2.23. The summed E-state index contributed by atoms with van der Waals surface area (Å²) in [7, 11) is 0. The average molecular weight is 234 g/mol. The molecule has 1 N–H and O–H groups in total. The lowest BCUT2D eigenvalue weighted by atomic mass is 9.90. The first-order valence-electron chi connectivity index (χ1n) is 4.93. The Morgan fingerprint density at radius 1 is 1.13 bits per heavy atom. The summed E-state index contributed by atoms with van der Waals surface area (Å²) in [5.41, 5.74) is 0.534. The van der Waals surface area contributed by atoms with Gasteiger partial charge in [0.05, 0.1) is 0 Å². The number of nitrogens with one attached hydrogen (secondary N) is 1. The first kappa shape index (κ1) is 12.4. The smallest absolute Gasteiger partial charge is 0.162 e. The third-order valence-corrected chi connectivity index (χ3v) is 2.76. The van der Waals surface area contributed by atoms with Crippen LogP contribution in [-0.2, 0) is 0 Å². The summed E-state index contributed by atoms with van der Waals surface area (Å²) in [5, 5.41) is 3.20. The van der Waals surface area contributed by atoms with E-state index in [0.717, 1.165) is 25.9 Å². The Morgan fingerprint density at radius 2 is 1.80 bits per heavy atom. The van der Waals surface area contributed by atoms with Gasteiger partial charge in [-0.3, -0.25) is 0 Å². The molecule has 2 rings (SSSR count). The maximum absolute atomic E-state index is 13.4. The summed E-state index contributed by atoms with van der Waals surface area (Å²) in [6.07, 6.45) is 1.78. The van der Waals surface area contributed by atoms with Crippen molar-refractivity contribution in [3.05, 3.63) is 35.4 Å². The average Bonchev–Trinajstić information content (AvgIpc) is 2.23. The van der Waals surface area contributed by atoms with Crippen LogP contribution in [-0.4, -0.2) is 13.1 Å². The summed E-state index contributed by atoms with van der Waals surface area (Å²) in [6, 6.07) is 4.43. The monoisotopic (exact) mass is 233 g/mol. The van der Waals surface area contributed by atoms with Gasteiger partial charge in [0.25, 0.3) is 0 Å². The van der Waals surface area contributed by atoms with Gasteiger partial charge in [0.1, 0.15) is 0 Å². The van der Waals surface area contributed by atoms with Gasteiger partial charge >= 0.3 is 0 Å². The van der Waals surface area contributed by atoms with Crippen LogP contribution in [0.4, 0.5) is 8.78 Å². The van der Waals surface area contributed by atoms with Crippen LogP contribution in [0, 0.1) is 11.6 Å². The molecular formula is C11H14ClF2N. The molecule has 1 aliphatic heterocycles. The molecule has 15 heavy (non-hydrogen) atoms. The first-order valence-corrected chi connectivity index (χ1v) is 4.93. The predicted molar refractivity (Wildman–Crippen MR) is 58.5 cm³/mol. The fourth-order valence-corrected chi connectivity index (χ4v) is 1.97. The van der Waals surface area contributed by atoms with E-state index in [4.69, 9.17) is 0 Å². The molecule has 0 bridgehead atoms. The number of benzene rings is 1. The van der Waals surface area contributed by atoms with E-state index in [1.165, 1.54) is 6.07 Å². The van der Waals surface area contributed by atoms with Crippen molar-refractivity contribution in [2.75, 3.05) is 13.1 Å². The van der Waals surface area contributed by atoms with Crippen molar-refractivity contribution >= 4 is 12.4 Å². The van der Waals surface area contributed by atoms with Gasteiger partial charge < -0.3 is 5.32 Å². The normalized spacial score (nSPS) is 17.2. The van der Waals surface area contributed by atoms with E-state index in [-0.39, 0.29) is 18.3 Å². The summed E-state index contributed by atoms with van der Waals surface area (Å²) in [5.74, 6) is -1.23. The van der Waals surface area contributed by atoms with Gasteiger partial charge in [-0.05, 0) is 43.5 Å². The van der Waals surface area contributed by atoms with Crippen LogP contribution < -0.4 is 5.32 Å². The topological polar surface area (TPSA) is 12.0 Å².